The molecule has 0 aromatic heterocycles. The maximum absolute atomic E-state index is 11.4. The highest BCUT2D eigenvalue weighted by Gasteiger charge is 2.26. The zero-order valence-electron chi connectivity index (χ0n) is 8.60. The molecule has 1 aliphatic rings. The average Bonchev–Trinajstić information content (AvgIpc) is 2.29. The number of nitrogens with one attached hydrogen (secondary N) is 2. The van der Waals surface area contributed by atoms with E-state index in [4.69, 9.17) is 5.11 Å². The molecule has 1 fully saturated rings. The van der Waals surface area contributed by atoms with Crippen molar-refractivity contribution in [3.05, 3.63) is 0 Å². The maximum atomic E-state index is 11.4. The topological polar surface area (TPSA) is 113 Å². The Kier molecular flexibility index (Phi) is 4.25. The summed E-state index contributed by atoms with van der Waals surface area (Å²) in [5.41, 5.74) is 0. The van der Waals surface area contributed by atoms with Crippen LogP contribution in [0.1, 0.15) is 19.3 Å². The summed E-state index contributed by atoms with van der Waals surface area (Å²) in [6, 6.07) is -0.855. The average molecular weight is 250 g/mol. The maximum Gasteiger partial charge on any atom is 0.320 e. The molecule has 1 atom stereocenters. The van der Waals surface area contributed by atoms with Crippen molar-refractivity contribution in [2.75, 3.05) is 12.3 Å². The molecule has 0 aromatic carbocycles. The molecule has 7 nitrogen and oxygen atoms in total. The Morgan fingerprint density at radius 1 is 1.50 bits per heavy atom. The van der Waals surface area contributed by atoms with Crippen molar-refractivity contribution >= 4 is 21.9 Å². The summed E-state index contributed by atoms with van der Waals surface area (Å²) in [4.78, 5) is 21.7. The molecule has 92 valence electrons. The third-order valence-electron chi connectivity index (χ3n) is 2.17. The Bertz CT molecular complexity index is 378. The third-order valence-corrected chi connectivity index (χ3v) is 3.44. The van der Waals surface area contributed by atoms with Crippen LogP contribution in [0.5, 0.6) is 0 Å². The van der Waals surface area contributed by atoms with Gasteiger partial charge in [0.1, 0.15) is 6.04 Å². The van der Waals surface area contributed by atoms with Crippen LogP contribution >= 0.6 is 0 Å². The van der Waals surface area contributed by atoms with E-state index >= 15 is 0 Å². The standard InChI is InChI=1S/C8H14N2O5S/c11-7(12)5-16(14,15)10-6-3-1-2-4-9-8(6)13/h6,10H,1-5H2,(H,9,13)(H,11,12). The van der Waals surface area contributed by atoms with Gasteiger partial charge in [-0.1, -0.05) is 0 Å². The van der Waals surface area contributed by atoms with Crippen LogP contribution in [-0.2, 0) is 19.6 Å². The summed E-state index contributed by atoms with van der Waals surface area (Å²) in [7, 11) is -3.94. The fraction of sp³-hybridized carbons (Fsp3) is 0.750. The first kappa shape index (κ1) is 12.9. The van der Waals surface area contributed by atoms with Gasteiger partial charge in [-0.2, -0.15) is 0 Å². The summed E-state index contributed by atoms with van der Waals surface area (Å²) in [6.45, 7) is 0.524. The van der Waals surface area contributed by atoms with E-state index < -0.39 is 33.7 Å². The van der Waals surface area contributed by atoms with Gasteiger partial charge >= 0.3 is 5.97 Å². The predicted octanol–water partition coefficient (Wildman–Crippen LogP) is -1.34. The largest absolute Gasteiger partial charge is 0.480 e. The molecule has 1 amide bonds. The summed E-state index contributed by atoms with van der Waals surface area (Å²) >= 11 is 0. The fourth-order valence-corrected chi connectivity index (χ4v) is 2.54. The molecular formula is C8H14N2O5S. The first-order chi connectivity index (χ1) is 7.41. The molecular weight excluding hydrogens is 236 g/mol. The van der Waals surface area contributed by atoms with E-state index in [9.17, 15) is 18.0 Å². The quantitative estimate of drug-likeness (QED) is 0.571. The van der Waals surface area contributed by atoms with E-state index in [0.717, 1.165) is 12.8 Å². The number of rotatable bonds is 4. The minimum Gasteiger partial charge on any atom is -0.480 e. The van der Waals surface area contributed by atoms with E-state index in [1.165, 1.54) is 0 Å². The normalized spacial score (nSPS) is 22.2. The van der Waals surface area contributed by atoms with Gasteiger partial charge in [0.05, 0.1) is 0 Å². The molecule has 1 unspecified atom stereocenters. The van der Waals surface area contributed by atoms with E-state index in [1.54, 1.807) is 0 Å². The number of carboxylic acids is 1. The lowest BCUT2D eigenvalue weighted by molar-refractivity contribution is -0.134. The van der Waals surface area contributed by atoms with E-state index in [1.807, 2.05) is 0 Å². The molecule has 0 radical (unpaired) electrons. The van der Waals surface area contributed by atoms with E-state index in [-0.39, 0.29) is 0 Å². The highest BCUT2D eigenvalue weighted by atomic mass is 32.2. The molecule has 0 spiro atoms. The summed E-state index contributed by atoms with van der Waals surface area (Å²) < 4.78 is 24.7. The smallest absolute Gasteiger partial charge is 0.320 e. The summed E-state index contributed by atoms with van der Waals surface area (Å²) in [6.07, 6.45) is 1.91. The Labute approximate surface area is 93.3 Å². The third kappa shape index (κ3) is 4.15. The molecule has 1 heterocycles. The van der Waals surface area contributed by atoms with Gasteiger partial charge in [-0.15, -0.1) is 0 Å². The van der Waals surface area contributed by atoms with Gasteiger partial charge in [0.2, 0.25) is 15.9 Å². The molecule has 1 aliphatic heterocycles. The highest BCUT2D eigenvalue weighted by Crippen LogP contribution is 2.06. The molecule has 3 N–H and O–H groups in total. The van der Waals surface area contributed by atoms with E-state index in [2.05, 4.69) is 10.0 Å². The Morgan fingerprint density at radius 3 is 2.81 bits per heavy atom. The molecule has 0 saturated carbocycles. The van der Waals surface area contributed by atoms with E-state index in [0.29, 0.717) is 13.0 Å². The van der Waals surface area contributed by atoms with Crippen LogP contribution in [0.4, 0.5) is 0 Å². The monoisotopic (exact) mass is 250 g/mol. The van der Waals surface area contributed by atoms with Crippen molar-refractivity contribution in [1.29, 1.82) is 0 Å². The number of carboxylic acid groups (broad SMARTS) is 1. The SMILES string of the molecule is O=C(O)CS(=O)(=O)NC1CCCCNC1=O. The van der Waals surface area contributed by atoms with Crippen LogP contribution < -0.4 is 10.0 Å². The van der Waals surface area contributed by atoms with Crippen LogP contribution in [0.3, 0.4) is 0 Å². The van der Waals surface area contributed by atoms with Gasteiger partial charge in [0.15, 0.2) is 5.75 Å². The number of hydrogen-bond donors (Lipinski definition) is 3. The second-order valence-corrected chi connectivity index (χ2v) is 5.36. The Balaban J connectivity index is 2.64. The van der Waals surface area contributed by atoms with Crippen LogP contribution in [-0.4, -0.2) is 43.7 Å². The van der Waals surface area contributed by atoms with Gasteiger partial charge in [0.25, 0.3) is 0 Å². The predicted molar refractivity (Wildman–Crippen MR) is 55.2 cm³/mol. The van der Waals surface area contributed by atoms with Crippen molar-refractivity contribution < 1.29 is 23.1 Å². The first-order valence-electron chi connectivity index (χ1n) is 4.90. The number of carbonyl (C=O) groups excluding carboxylic acids is 1. The molecule has 0 aromatic rings. The number of hydrogen-bond acceptors (Lipinski definition) is 4. The van der Waals surface area contributed by atoms with Crippen molar-refractivity contribution in [1.82, 2.24) is 10.0 Å². The van der Waals surface area contributed by atoms with Gasteiger partial charge in [-0.3, -0.25) is 9.59 Å². The molecule has 1 saturated heterocycles. The summed E-state index contributed by atoms with van der Waals surface area (Å²) in [5.74, 6) is -2.86. The molecule has 1 rings (SSSR count). The lowest BCUT2D eigenvalue weighted by Crippen LogP contribution is -2.46. The zero-order valence-corrected chi connectivity index (χ0v) is 9.42. The van der Waals surface area contributed by atoms with Crippen molar-refractivity contribution in [2.24, 2.45) is 0 Å². The molecule has 0 bridgehead atoms. The Hall–Kier alpha value is -1.15. The van der Waals surface area contributed by atoms with Gasteiger partial charge in [0, 0.05) is 6.54 Å². The second-order valence-electron chi connectivity index (χ2n) is 3.61. The van der Waals surface area contributed by atoms with Crippen molar-refractivity contribution in [2.45, 2.75) is 25.3 Å². The van der Waals surface area contributed by atoms with Gasteiger partial charge in [-0.25, -0.2) is 13.1 Å². The number of sulfonamides is 1. The molecule has 8 heteroatoms. The lowest BCUT2D eigenvalue weighted by Gasteiger charge is -2.14. The first-order valence-corrected chi connectivity index (χ1v) is 6.55. The van der Waals surface area contributed by atoms with Crippen LogP contribution in [0.25, 0.3) is 0 Å². The van der Waals surface area contributed by atoms with Crippen molar-refractivity contribution in [3.8, 4) is 0 Å². The molecule has 16 heavy (non-hydrogen) atoms. The van der Waals surface area contributed by atoms with Gasteiger partial charge < -0.3 is 10.4 Å². The van der Waals surface area contributed by atoms with Crippen molar-refractivity contribution in [3.63, 3.8) is 0 Å². The minimum absolute atomic E-state index is 0.394. The zero-order chi connectivity index (χ0) is 12.2. The highest BCUT2D eigenvalue weighted by molar-refractivity contribution is 7.90. The minimum atomic E-state index is -3.94. The van der Waals surface area contributed by atoms with Crippen LogP contribution in [0.15, 0.2) is 0 Å². The number of amides is 1. The van der Waals surface area contributed by atoms with Crippen LogP contribution in [0.2, 0.25) is 0 Å². The lowest BCUT2D eigenvalue weighted by atomic mass is 10.1. The molecule has 0 aliphatic carbocycles. The summed E-state index contributed by atoms with van der Waals surface area (Å²) in [5, 5.41) is 10.9. The van der Waals surface area contributed by atoms with Crippen LogP contribution in [0, 0.1) is 0 Å². The van der Waals surface area contributed by atoms with Gasteiger partial charge in [-0.05, 0) is 19.3 Å². The number of carbonyl (C=O) groups is 2. The number of aliphatic carboxylic acids is 1. The fourth-order valence-electron chi connectivity index (χ4n) is 1.47. The Morgan fingerprint density at radius 2 is 2.19 bits per heavy atom. The second kappa shape index (κ2) is 5.26.